The Labute approximate surface area is 92.1 Å². The van der Waals surface area contributed by atoms with Gasteiger partial charge in [-0.2, -0.15) is 0 Å². The van der Waals surface area contributed by atoms with Gasteiger partial charge in [0.1, 0.15) is 0 Å². The summed E-state index contributed by atoms with van der Waals surface area (Å²) >= 11 is 0. The molecule has 1 nitrogen and oxygen atoms in total. The first kappa shape index (κ1) is 9.41. The number of hydrogen-bond donors (Lipinski definition) is 0. The van der Waals surface area contributed by atoms with Gasteiger partial charge >= 0.3 is 0 Å². The second-order valence-corrected chi connectivity index (χ2v) is 5.06. The minimum Gasteiger partial charge on any atom is -0.296 e. The summed E-state index contributed by atoms with van der Waals surface area (Å²) in [5, 5.41) is 0. The molecule has 1 aliphatic heterocycles. The second kappa shape index (κ2) is 3.64. The molecule has 0 N–H and O–H groups in total. The lowest BCUT2D eigenvalue weighted by molar-refractivity contribution is 0.190. The summed E-state index contributed by atoms with van der Waals surface area (Å²) in [5.74, 6) is 1.01. The topological polar surface area (TPSA) is 3.24 Å². The van der Waals surface area contributed by atoms with Crippen molar-refractivity contribution in [3.8, 4) is 0 Å². The molecule has 1 aliphatic carbocycles. The van der Waals surface area contributed by atoms with Crippen LogP contribution in [0.2, 0.25) is 0 Å². The lowest BCUT2D eigenvalue weighted by atomic mass is 9.93. The molecule has 1 heterocycles. The van der Waals surface area contributed by atoms with Crippen molar-refractivity contribution >= 4 is 0 Å². The Balaban J connectivity index is 1.81. The van der Waals surface area contributed by atoms with Crippen molar-refractivity contribution in [3.63, 3.8) is 0 Å². The summed E-state index contributed by atoms with van der Waals surface area (Å²) in [6.45, 7) is 4.95. The number of fused-ring (bicyclic) bond motifs is 1. The Bertz CT molecular complexity index is 354. The van der Waals surface area contributed by atoms with Gasteiger partial charge in [0.25, 0.3) is 0 Å². The highest BCUT2D eigenvalue weighted by Crippen LogP contribution is 2.35. The molecule has 1 fully saturated rings. The van der Waals surface area contributed by atoms with Crippen LogP contribution in [-0.2, 0) is 6.42 Å². The van der Waals surface area contributed by atoms with E-state index in [9.17, 15) is 0 Å². The van der Waals surface area contributed by atoms with Gasteiger partial charge in [-0.3, -0.25) is 4.90 Å². The lowest BCUT2D eigenvalue weighted by Crippen LogP contribution is -2.35. The van der Waals surface area contributed by atoms with Crippen molar-refractivity contribution in [1.82, 2.24) is 4.90 Å². The van der Waals surface area contributed by atoms with Crippen LogP contribution in [0.3, 0.4) is 0 Å². The number of rotatable bonds is 2. The first-order valence-corrected chi connectivity index (χ1v) is 6.16. The highest BCUT2D eigenvalue weighted by atomic mass is 15.2. The molecule has 1 heteroatoms. The van der Waals surface area contributed by atoms with Crippen LogP contribution in [0.25, 0.3) is 0 Å². The summed E-state index contributed by atoms with van der Waals surface area (Å²) in [4.78, 5) is 2.67. The first-order chi connectivity index (χ1) is 7.34. The maximum atomic E-state index is 2.67. The molecule has 2 aliphatic rings. The molecule has 1 aromatic rings. The van der Waals surface area contributed by atoms with Gasteiger partial charge in [-0.15, -0.1) is 0 Å². The van der Waals surface area contributed by atoms with E-state index >= 15 is 0 Å². The summed E-state index contributed by atoms with van der Waals surface area (Å²) in [5.41, 5.74) is 3.13. The molecule has 3 rings (SSSR count). The van der Waals surface area contributed by atoms with Crippen LogP contribution in [0.5, 0.6) is 0 Å². The van der Waals surface area contributed by atoms with Crippen molar-refractivity contribution in [2.24, 2.45) is 5.92 Å². The predicted molar refractivity (Wildman–Crippen MR) is 62.9 cm³/mol. The molecule has 1 unspecified atom stereocenters. The average Bonchev–Trinajstić information content (AvgIpc) is 3.07. The van der Waals surface area contributed by atoms with E-state index in [0.717, 1.165) is 5.92 Å². The van der Waals surface area contributed by atoms with Gasteiger partial charge in [-0.25, -0.2) is 0 Å². The van der Waals surface area contributed by atoms with Crippen LogP contribution in [0.1, 0.15) is 36.9 Å². The van der Waals surface area contributed by atoms with Gasteiger partial charge in [-0.1, -0.05) is 24.3 Å². The molecule has 0 aromatic heterocycles. The van der Waals surface area contributed by atoms with Crippen LogP contribution >= 0.6 is 0 Å². The van der Waals surface area contributed by atoms with Crippen LogP contribution in [0.4, 0.5) is 0 Å². The quantitative estimate of drug-likeness (QED) is 0.711. The van der Waals surface area contributed by atoms with E-state index in [2.05, 4.69) is 36.1 Å². The number of hydrogen-bond acceptors (Lipinski definition) is 1. The second-order valence-electron chi connectivity index (χ2n) is 5.06. The molecule has 1 aromatic carbocycles. The number of benzene rings is 1. The molecule has 0 radical (unpaired) electrons. The van der Waals surface area contributed by atoms with E-state index < -0.39 is 0 Å². The Morgan fingerprint density at radius 3 is 2.87 bits per heavy atom. The van der Waals surface area contributed by atoms with Crippen LogP contribution in [-0.4, -0.2) is 18.0 Å². The summed E-state index contributed by atoms with van der Waals surface area (Å²) in [7, 11) is 0. The zero-order chi connectivity index (χ0) is 10.3. The monoisotopic (exact) mass is 201 g/mol. The van der Waals surface area contributed by atoms with Crippen molar-refractivity contribution in [2.45, 2.75) is 32.2 Å². The molecular formula is C14H19N. The minimum atomic E-state index is 0.635. The average molecular weight is 201 g/mol. The molecule has 0 amide bonds. The third-order valence-corrected chi connectivity index (χ3v) is 3.91. The standard InChI is InChI=1S/C14H19N/c1-11-14-5-3-2-4-13(14)8-9-15(11)10-12-6-7-12/h2-5,11-12H,6-10H2,1H3. The van der Waals surface area contributed by atoms with Crippen molar-refractivity contribution < 1.29 is 0 Å². The lowest BCUT2D eigenvalue weighted by Gasteiger charge is -2.35. The normalized spacial score (nSPS) is 26.3. The van der Waals surface area contributed by atoms with Gasteiger partial charge in [0.2, 0.25) is 0 Å². The van der Waals surface area contributed by atoms with Crippen molar-refractivity contribution in [1.29, 1.82) is 0 Å². The zero-order valence-electron chi connectivity index (χ0n) is 9.45. The fourth-order valence-corrected chi connectivity index (χ4v) is 2.71. The first-order valence-electron chi connectivity index (χ1n) is 6.16. The van der Waals surface area contributed by atoms with Crippen LogP contribution in [0.15, 0.2) is 24.3 Å². The highest BCUT2D eigenvalue weighted by Gasteiger charge is 2.29. The summed E-state index contributed by atoms with van der Waals surface area (Å²) < 4.78 is 0. The SMILES string of the molecule is CC1c2ccccc2CCN1CC1CC1. The van der Waals surface area contributed by atoms with E-state index in [0.29, 0.717) is 6.04 Å². The fraction of sp³-hybridized carbons (Fsp3) is 0.571. The Kier molecular flexibility index (Phi) is 2.28. The molecule has 0 saturated heterocycles. The van der Waals surface area contributed by atoms with E-state index in [1.54, 1.807) is 11.1 Å². The molecular weight excluding hydrogens is 182 g/mol. The Hall–Kier alpha value is -0.820. The van der Waals surface area contributed by atoms with Gasteiger partial charge in [0.05, 0.1) is 0 Å². The van der Waals surface area contributed by atoms with Crippen molar-refractivity contribution in [3.05, 3.63) is 35.4 Å². The maximum absolute atomic E-state index is 2.67. The molecule has 0 spiro atoms. The maximum Gasteiger partial charge on any atom is 0.0322 e. The van der Waals surface area contributed by atoms with Crippen LogP contribution in [0, 0.1) is 5.92 Å². The summed E-state index contributed by atoms with van der Waals surface area (Å²) in [6.07, 6.45) is 4.17. The van der Waals surface area contributed by atoms with E-state index in [1.807, 2.05) is 0 Å². The molecule has 15 heavy (non-hydrogen) atoms. The Morgan fingerprint density at radius 1 is 1.27 bits per heavy atom. The third-order valence-electron chi connectivity index (χ3n) is 3.91. The van der Waals surface area contributed by atoms with Gasteiger partial charge in [0, 0.05) is 19.1 Å². The van der Waals surface area contributed by atoms with E-state index in [1.165, 1.54) is 32.4 Å². The largest absolute Gasteiger partial charge is 0.296 e. The third kappa shape index (κ3) is 1.81. The smallest absolute Gasteiger partial charge is 0.0322 e. The zero-order valence-corrected chi connectivity index (χ0v) is 9.45. The molecule has 0 bridgehead atoms. The molecule has 1 saturated carbocycles. The predicted octanol–water partition coefficient (Wildman–Crippen LogP) is 3.02. The molecule has 80 valence electrons. The molecule has 1 atom stereocenters. The van der Waals surface area contributed by atoms with E-state index in [-0.39, 0.29) is 0 Å². The van der Waals surface area contributed by atoms with Gasteiger partial charge < -0.3 is 0 Å². The van der Waals surface area contributed by atoms with Gasteiger partial charge in [-0.05, 0) is 43.2 Å². The van der Waals surface area contributed by atoms with E-state index in [4.69, 9.17) is 0 Å². The fourth-order valence-electron chi connectivity index (χ4n) is 2.71. The highest BCUT2D eigenvalue weighted by molar-refractivity contribution is 5.32. The Morgan fingerprint density at radius 2 is 2.07 bits per heavy atom. The minimum absolute atomic E-state index is 0.635. The number of nitrogens with zero attached hydrogens (tertiary/aromatic N) is 1. The summed E-state index contributed by atoms with van der Waals surface area (Å²) in [6, 6.07) is 9.58. The van der Waals surface area contributed by atoms with Crippen molar-refractivity contribution in [2.75, 3.05) is 13.1 Å². The van der Waals surface area contributed by atoms with Crippen LogP contribution < -0.4 is 0 Å². The van der Waals surface area contributed by atoms with Gasteiger partial charge in [0.15, 0.2) is 0 Å².